The first-order valence-electron chi connectivity index (χ1n) is 9.43. The van der Waals surface area contributed by atoms with E-state index in [0.717, 1.165) is 6.42 Å². The van der Waals surface area contributed by atoms with Crippen LogP contribution in [-0.4, -0.2) is 61.6 Å². The van der Waals surface area contributed by atoms with Gasteiger partial charge in [-0.2, -0.15) is 0 Å². The van der Waals surface area contributed by atoms with Gasteiger partial charge < -0.3 is 31.5 Å². The number of anilines is 1. The maximum absolute atomic E-state index is 13.0. The highest BCUT2D eigenvalue weighted by molar-refractivity contribution is 8.01. The van der Waals surface area contributed by atoms with Gasteiger partial charge in [-0.25, -0.2) is 4.79 Å². The van der Waals surface area contributed by atoms with Crippen LogP contribution in [-0.2, 0) is 14.4 Å². The molecule has 0 aliphatic carbocycles. The Bertz CT molecular complexity index is 846. The van der Waals surface area contributed by atoms with E-state index in [1.807, 2.05) is 6.92 Å². The standard InChI is InChI=1S/C19H26N4O5S/c1-4-7-21-12(9-5-6-11(24)10(20)8-9)15(25)22-13-16(26)23-14(18(27)28)19(2,3)29-17(13)23/h5-6,8,12-14,17,21,24H,4,7,20H2,1-3H3,(H,22,25)(H,27,28)/t12?,13-,14+,17-/m1/s1. The number of thioether (sulfide) groups is 1. The maximum Gasteiger partial charge on any atom is 0.327 e. The van der Waals surface area contributed by atoms with Gasteiger partial charge in [-0.05, 0) is 44.5 Å². The number of phenols is 1. The molecule has 29 heavy (non-hydrogen) atoms. The number of aliphatic carboxylic acids is 1. The van der Waals surface area contributed by atoms with Crippen molar-refractivity contribution in [3.05, 3.63) is 23.8 Å². The first-order chi connectivity index (χ1) is 13.6. The van der Waals surface area contributed by atoms with Crippen molar-refractivity contribution in [3.63, 3.8) is 0 Å². The predicted octanol–water partition coefficient (Wildman–Crippen LogP) is 0.647. The number of nitrogens with zero attached hydrogens (tertiary/aromatic N) is 1. The molecule has 4 atom stereocenters. The SMILES string of the molecule is CCCNC(C(=O)N[C@@H]1C(=O)N2[C@@H]1SC(C)(C)[C@@H]2C(=O)O)c1ccc(O)c(N)c1. The van der Waals surface area contributed by atoms with Crippen LogP contribution in [0.25, 0.3) is 0 Å². The number of phenolic OH excluding ortho intramolecular Hbond substituents is 1. The number of amides is 2. The fraction of sp³-hybridized carbons (Fsp3) is 0.526. The molecule has 2 saturated heterocycles. The highest BCUT2D eigenvalue weighted by Crippen LogP contribution is 2.50. The van der Waals surface area contributed by atoms with Gasteiger partial charge in [0.2, 0.25) is 11.8 Å². The number of benzene rings is 1. The van der Waals surface area contributed by atoms with E-state index in [1.54, 1.807) is 19.9 Å². The van der Waals surface area contributed by atoms with Crippen molar-refractivity contribution in [1.82, 2.24) is 15.5 Å². The van der Waals surface area contributed by atoms with E-state index in [1.165, 1.54) is 28.8 Å². The summed E-state index contributed by atoms with van der Waals surface area (Å²) in [6.45, 7) is 6.09. The van der Waals surface area contributed by atoms with E-state index >= 15 is 0 Å². The summed E-state index contributed by atoms with van der Waals surface area (Å²) in [4.78, 5) is 38.6. The Morgan fingerprint density at radius 3 is 2.66 bits per heavy atom. The number of aromatic hydroxyl groups is 1. The van der Waals surface area contributed by atoms with Gasteiger partial charge >= 0.3 is 5.97 Å². The molecule has 9 nitrogen and oxygen atoms in total. The molecule has 0 radical (unpaired) electrons. The van der Waals surface area contributed by atoms with Crippen LogP contribution in [0.3, 0.4) is 0 Å². The van der Waals surface area contributed by atoms with E-state index < -0.39 is 46.0 Å². The number of nitrogen functional groups attached to an aromatic ring is 1. The second-order valence-corrected chi connectivity index (χ2v) is 9.56. The number of carboxylic acid groups (broad SMARTS) is 1. The van der Waals surface area contributed by atoms with Gasteiger partial charge in [0.15, 0.2) is 0 Å². The number of β-lactam (4-membered cyclic amide) rings is 1. The molecular weight excluding hydrogens is 396 g/mol. The third kappa shape index (κ3) is 3.74. The van der Waals surface area contributed by atoms with Crippen molar-refractivity contribution in [2.75, 3.05) is 12.3 Å². The number of rotatable bonds is 7. The molecule has 2 aliphatic rings. The summed E-state index contributed by atoms with van der Waals surface area (Å²) in [6.07, 6.45) is 0.792. The van der Waals surface area contributed by atoms with E-state index in [2.05, 4.69) is 10.6 Å². The largest absolute Gasteiger partial charge is 0.506 e. The zero-order chi connectivity index (χ0) is 21.5. The molecule has 0 spiro atoms. The Labute approximate surface area is 173 Å². The summed E-state index contributed by atoms with van der Waals surface area (Å²) in [5.74, 6) is -1.92. The second kappa shape index (κ2) is 7.75. The summed E-state index contributed by atoms with van der Waals surface area (Å²) in [5, 5.41) is 24.6. The Hall–Kier alpha value is -2.46. The number of hydrogen-bond acceptors (Lipinski definition) is 7. The monoisotopic (exact) mass is 422 g/mol. The lowest BCUT2D eigenvalue weighted by Gasteiger charge is -2.44. The van der Waals surface area contributed by atoms with Gasteiger partial charge in [-0.15, -0.1) is 11.8 Å². The van der Waals surface area contributed by atoms with Crippen LogP contribution >= 0.6 is 11.8 Å². The van der Waals surface area contributed by atoms with Crippen molar-refractivity contribution in [2.45, 2.75) is 55.4 Å². The molecule has 0 aromatic heterocycles. The zero-order valence-electron chi connectivity index (χ0n) is 16.5. The topological polar surface area (TPSA) is 145 Å². The van der Waals surface area contributed by atoms with Crippen molar-refractivity contribution >= 4 is 35.2 Å². The summed E-state index contributed by atoms with van der Waals surface area (Å²) < 4.78 is -0.656. The van der Waals surface area contributed by atoms with Crippen molar-refractivity contribution < 1.29 is 24.6 Å². The molecule has 0 saturated carbocycles. The summed E-state index contributed by atoms with van der Waals surface area (Å²) in [6, 6.07) is 2.07. The Morgan fingerprint density at radius 2 is 2.07 bits per heavy atom. The Balaban J connectivity index is 1.77. The van der Waals surface area contributed by atoms with Gasteiger partial charge in [0.25, 0.3) is 0 Å². The molecule has 2 fully saturated rings. The van der Waals surface area contributed by atoms with Crippen LogP contribution in [0.5, 0.6) is 5.75 Å². The molecule has 2 aliphatic heterocycles. The van der Waals surface area contributed by atoms with Crippen molar-refractivity contribution in [2.24, 2.45) is 0 Å². The molecule has 6 N–H and O–H groups in total. The minimum Gasteiger partial charge on any atom is -0.506 e. The Kier molecular flexibility index (Phi) is 5.68. The fourth-order valence-electron chi connectivity index (χ4n) is 3.79. The lowest BCUT2D eigenvalue weighted by atomic mass is 9.95. The second-order valence-electron chi connectivity index (χ2n) is 7.79. The fourth-order valence-corrected chi connectivity index (χ4v) is 5.41. The lowest BCUT2D eigenvalue weighted by molar-refractivity contribution is -0.161. The zero-order valence-corrected chi connectivity index (χ0v) is 17.3. The first kappa shape index (κ1) is 21.3. The number of carbonyl (C=O) groups is 3. The number of nitrogens with one attached hydrogen (secondary N) is 2. The van der Waals surface area contributed by atoms with Crippen LogP contribution in [0.1, 0.15) is 38.8 Å². The molecule has 1 unspecified atom stereocenters. The van der Waals surface area contributed by atoms with Gasteiger partial charge in [0.1, 0.15) is 29.2 Å². The number of nitrogens with two attached hydrogens (primary N) is 1. The molecule has 0 bridgehead atoms. The van der Waals surface area contributed by atoms with E-state index in [0.29, 0.717) is 12.1 Å². The Morgan fingerprint density at radius 1 is 1.38 bits per heavy atom. The number of fused-ring (bicyclic) bond motifs is 1. The molecule has 2 heterocycles. The highest BCUT2D eigenvalue weighted by Gasteiger charge is 2.64. The maximum atomic E-state index is 13.0. The van der Waals surface area contributed by atoms with E-state index in [9.17, 15) is 24.6 Å². The van der Waals surface area contributed by atoms with Crippen LogP contribution in [0.4, 0.5) is 5.69 Å². The number of hydrogen-bond donors (Lipinski definition) is 5. The molecule has 1 aromatic carbocycles. The minimum absolute atomic E-state index is 0.0717. The van der Waals surface area contributed by atoms with Crippen molar-refractivity contribution in [1.29, 1.82) is 0 Å². The molecule has 158 valence electrons. The van der Waals surface area contributed by atoms with Crippen LogP contribution < -0.4 is 16.4 Å². The van der Waals surface area contributed by atoms with Gasteiger partial charge in [0, 0.05) is 4.75 Å². The first-order valence-corrected chi connectivity index (χ1v) is 10.3. The van der Waals surface area contributed by atoms with Crippen LogP contribution in [0.15, 0.2) is 18.2 Å². The highest BCUT2D eigenvalue weighted by atomic mass is 32.2. The lowest BCUT2D eigenvalue weighted by Crippen LogP contribution is -2.71. The third-order valence-electron chi connectivity index (χ3n) is 5.22. The predicted molar refractivity (Wildman–Crippen MR) is 109 cm³/mol. The number of carbonyl (C=O) groups excluding carboxylic acids is 2. The quantitative estimate of drug-likeness (QED) is 0.245. The summed E-state index contributed by atoms with van der Waals surface area (Å²) >= 11 is 1.37. The van der Waals surface area contributed by atoms with Gasteiger partial charge in [-0.1, -0.05) is 13.0 Å². The van der Waals surface area contributed by atoms with E-state index in [-0.39, 0.29) is 11.4 Å². The van der Waals surface area contributed by atoms with E-state index in [4.69, 9.17) is 5.73 Å². The van der Waals surface area contributed by atoms with Crippen LogP contribution in [0, 0.1) is 0 Å². The normalized spacial score (nSPS) is 25.8. The minimum atomic E-state index is -1.05. The third-order valence-corrected chi connectivity index (χ3v) is 6.79. The number of carboxylic acids is 1. The molecule has 10 heteroatoms. The summed E-state index contributed by atoms with van der Waals surface area (Å²) in [7, 11) is 0. The average molecular weight is 423 g/mol. The average Bonchev–Trinajstić information content (AvgIpc) is 2.91. The van der Waals surface area contributed by atoms with Crippen molar-refractivity contribution in [3.8, 4) is 5.75 Å². The molecular formula is C19H26N4O5S. The van der Waals surface area contributed by atoms with Crippen LogP contribution in [0.2, 0.25) is 0 Å². The van der Waals surface area contributed by atoms with Gasteiger partial charge in [0.05, 0.1) is 5.69 Å². The summed E-state index contributed by atoms with van der Waals surface area (Å²) in [5.41, 5.74) is 6.48. The smallest absolute Gasteiger partial charge is 0.327 e. The molecule has 1 aromatic rings. The van der Waals surface area contributed by atoms with Gasteiger partial charge in [-0.3, -0.25) is 9.59 Å². The molecule has 2 amide bonds. The molecule has 3 rings (SSSR count).